The van der Waals surface area contributed by atoms with Crippen LogP contribution in [0.5, 0.6) is 0 Å². The van der Waals surface area contributed by atoms with Gasteiger partial charge in [-0.25, -0.2) is 0 Å². The molecule has 178 valence electrons. The van der Waals surface area contributed by atoms with Crippen molar-refractivity contribution in [1.82, 2.24) is 0 Å². The van der Waals surface area contributed by atoms with Crippen molar-refractivity contribution < 1.29 is 19.4 Å². The van der Waals surface area contributed by atoms with Gasteiger partial charge in [-0.05, 0) is 75.4 Å². The lowest BCUT2D eigenvalue weighted by Crippen LogP contribution is -2.45. The van der Waals surface area contributed by atoms with Gasteiger partial charge < -0.3 is 14.6 Å². The predicted octanol–water partition coefficient (Wildman–Crippen LogP) is 6.86. The molecule has 2 aliphatic carbocycles. The smallest absolute Gasteiger partial charge is 0.303 e. The SMILES string of the molecule is CC(C)(C)[Si](C)(C)OC(CCC1=CCC(O)[C@@H]1C/C=C\CCCC(=O)O)C1CCCC1. The standard InChI is InChI=1S/C26H46O4Si/c1-26(2,3)31(4,5)30-24(21-12-10-11-13-21)19-17-20-16-18-23(27)22(20)14-8-6-7-9-15-25(28)29/h6,8,16,21-24,27H,7,9-15,17-19H2,1-5H3,(H,28,29)/b8-6-/t22-,23?,24?/m1/s1. The van der Waals surface area contributed by atoms with Crippen LogP contribution in [0.4, 0.5) is 0 Å². The minimum atomic E-state index is -1.81. The highest BCUT2D eigenvalue weighted by molar-refractivity contribution is 6.74. The molecule has 0 spiro atoms. The third-order valence-electron chi connectivity index (χ3n) is 7.78. The van der Waals surface area contributed by atoms with Crippen LogP contribution in [0.25, 0.3) is 0 Å². The van der Waals surface area contributed by atoms with Crippen molar-refractivity contribution in [2.75, 3.05) is 0 Å². The number of carboxylic acids is 1. The molecule has 0 amide bonds. The third-order valence-corrected chi connectivity index (χ3v) is 12.3. The lowest BCUT2D eigenvalue weighted by atomic mass is 9.89. The summed E-state index contributed by atoms with van der Waals surface area (Å²) in [7, 11) is -1.81. The van der Waals surface area contributed by atoms with E-state index in [2.05, 4.69) is 52.1 Å². The zero-order valence-corrected chi connectivity index (χ0v) is 21.5. The first kappa shape index (κ1) is 26.3. The minimum absolute atomic E-state index is 0.202. The average molecular weight is 451 g/mol. The Morgan fingerprint density at radius 3 is 2.55 bits per heavy atom. The number of rotatable bonds is 12. The molecule has 2 N–H and O–H groups in total. The second-order valence-corrected chi connectivity index (χ2v) is 15.9. The van der Waals surface area contributed by atoms with Crippen LogP contribution >= 0.6 is 0 Å². The van der Waals surface area contributed by atoms with E-state index < -0.39 is 14.3 Å². The molecule has 0 aromatic carbocycles. The minimum Gasteiger partial charge on any atom is -0.481 e. The highest BCUT2D eigenvalue weighted by Gasteiger charge is 2.41. The van der Waals surface area contributed by atoms with E-state index in [-0.39, 0.29) is 23.5 Å². The number of aliphatic hydroxyl groups is 1. The average Bonchev–Trinajstić information content (AvgIpc) is 3.31. The summed E-state index contributed by atoms with van der Waals surface area (Å²) in [5.74, 6) is 0.156. The molecular weight excluding hydrogens is 404 g/mol. The first-order valence-corrected chi connectivity index (χ1v) is 15.3. The molecule has 2 rings (SSSR count). The topological polar surface area (TPSA) is 66.8 Å². The van der Waals surface area contributed by atoms with Crippen molar-refractivity contribution in [3.63, 3.8) is 0 Å². The molecule has 0 heterocycles. The Balaban J connectivity index is 1.93. The van der Waals surface area contributed by atoms with Crippen LogP contribution in [-0.2, 0) is 9.22 Å². The number of aliphatic carboxylic acids is 1. The molecule has 0 aromatic heterocycles. The second kappa shape index (κ2) is 11.8. The van der Waals surface area contributed by atoms with Gasteiger partial charge >= 0.3 is 5.97 Å². The van der Waals surface area contributed by atoms with E-state index in [1.165, 1.54) is 31.3 Å². The maximum absolute atomic E-state index is 10.6. The summed E-state index contributed by atoms with van der Waals surface area (Å²) in [4.78, 5) is 10.6. The molecule has 1 fully saturated rings. The molecule has 2 unspecified atom stereocenters. The first-order valence-electron chi connectivity index (χ1n) is 12.4. The molecule has 0 bridgehead atoms. The molecule has 1 saturated carbocycles. The van der Waals surface area contributed by atoms with E-state index in [0.717, 1.165) is 32.1 Å². The van der Waals surface area contributed by atoms with Crippen LogP contribution in [0.3, 0.4) is 0 Å². The predicted molar refractivity (Wildman–Crippen MR) is 131 cm³/mol. The number of aliphatic hydroxyl groups excluding tert-OH is 1. The largest absolute Gasteiger partial charge is 0.481 e. The summed E-state index contributed by atoms with van der Waals surface area (Å²) < 4.78 is 6.94. The van der Waals surface area contributed by atoms with E-state index in [0.29, 0.717) is 18.4 Å². The Bertz CT molecular complexity index is 626. The van der Waals surface area contributed by atoms with E-state index in [1.807, 2.05) is 0 Å². The van der Waals surface area contributed by atoms with Crippen molar-refractivity contribution in [3.8, 4) is 0 Å². The highest BCUT2D eigenvalue weighted by atomic mass is 28.4. The van der Waals surface area contributed by atoms with Gasteiger partial charge in [-0.3, -0.25) is 4.79 Å². The maximum atomic E-state index is 10.6. The van der Waals surface area contributed by atoms with Gasteiger partial charge in [0.05, 0.1) is 6.10 Å². The molecular formula is C26H46O4Si. The first-order chi connectivity index (χ1) is 14.5. The molecule has 3 atom stereocenters. The lowest BCUT2D eigenvalue weighted by Gasteiger charge is -2.41. The van der Waals surface area contributed by atoms with Crippen LogP contribution in [-0.4, -0.2) is 36.7 Å². The van der Waals surface area contributed by atoms with E-state index in [1.54, 1.807) is 0 Å². The molecule has 0 radical (unpaired) electrons. The fraction of sp³-hybridized carbons (Fsp3) is 0.808. The Morgan fingerprint density at radius 1 is 1.26 bits per heavy atom. The number of unbranched alkanes of at least 4 members (excludes halogenated alkanes) is 1. The molecule has 0 aromatic rings. The summed E-state index contributed by atoms with van der Waals surface area (Å²) >= 11 is 0. The van der Waals surface area contributed by atoms with E-state index >= 15 is 0 Å². The van der Waals surface area contributed by atoms with Gasteiger partial charge in [-0.15, -0.1) is 0 Å². The van der Waals surface area contributed by atoms with E-state index in [9.17, 15) is 9.90 Å². The van der Waals surface area contributed by atoms with Gasteiger partial charge in [0.1, 0.15) is 0 Å². The van der Waals surface area contributed by atoms with Crippen molar-refractivity contribution in [2.24, 2.45) is 11.8 Å². The van der Waals surface area contributed by atoms with Crippen molar-refractivity contribution in [1.29, 1.82) is 0 Å². The number of carboxylic acid groups (broad SMARTS) is 1. The normalized spacial score (nSPS) is 24.1. The highest BCUT2D eigenvalue weighted by Crippen LogP contribution is 2.42. The number of hydrogen-bond acceptors (Lipinski definition) is 3. The number of carbonyl (C=O) groups is 1. The van der Waals surface area contributed by atoms with E-state index in [4.69, 9.17) is 9.53 Å². The Morgan fingerprint density at radius 2 is 1.94 bits per heavy atom. The van der Waals surface area contributed by atoms with Gasteiger partial charge in [0, 0.05) is 18.4 Å². The van der Waals surface area contributed by atoms with Crippen LogP contribution < -0.4 is 0 Å². The second-order valence-electron chi connectivity index (χ2n) is 11.2. The van der Waals surface area contributed by atoms with Gasteiger partial charge in [0.15, 0.2) is 8.32 Å². The van der Waals surface area contributed by atoms with Crippen LogP contribution in [0, 0.1) is 11.8 Å². The van der Waals surface area contributed by atoms with Crippen molar-refractivity contribution >= 4 is 14.3 Å². The third kappa shape index (κ3) is 8.18. The van der Waals surface area contributed by atoms with Gasteiger partial charge in [-0.1, -0.05) is 57.4 Å². The Hall–Kier alpha value is -0.913. The quantitative estimate of drug-likeness (QED) is 0.194. The number of allylic oxidation sites excluding steroid dienone is 2. The summed E-state index contributed by atoms with van der Waals surface area (Å²) in [6.07, 6.45) is 17.1. The Labute approximate surface area is 191 Å². The van der Waals surface area contributed by atoms with Gasteiger partial charge in [-0.2, -0.15) is 0 Å². The fourth-order valence-corrected chi connectivity index (χ4v) is 6.17. The number of hydrogen-bond donors (Lipinski definition) is 2. The molecule has 2 aliphatic rings. The van der Waals surface area contributed by atoms with Crippen molar-refractivity contribution in [2.45, 2.75) is 122 Å². The zero-order valence-electron chi connectivity index (χ0n) is 20.5. The lowest BCUT2D eigenvalue weighted by molar-refractivity contribution is -0.137. The monoisotopic (exact) mass is 450 g/mol. The van der Waals surface area contributed by atoms with Crippen LogP contribution in [0.15, 0.2) is 23.8 Å². The summed E-state index contributed by atoms with van der Waals surface area (Å²) in [6, 6.07) is 0. The summed E-state index contributed by atoms with van der Waals surface area (Å²) in [6.45, 7) is 11.7. The van der Waals surface area contributed by atoms with Gasteiger partial charge in [0.2, 0.25) is 0 Å². The molecule has 0 saturated heterocycles. The molecule has 31 heavy (non-hydrogen) atoms. The molecule has 0 aliphatic heterocycles. The van der Waals surface area contributed by atoms with Crippen LogP contribution in [0.2, 0.25) is 18.1 Å². The van der Waals surface area contributed by atoms with Crippen molar-refractivity contribution in [3.05, 3.63) is 23.8 Å². The van der Waals surface area contributed by atoms with Gasteiger partial charge in [0.25, 0.3) is 0 Å². The maximum Gasteiger partial charge on any atom is 0.303 e. The summed E-state index contributed by atoms with van der Waals surface area (Å²) in [5, 5.41) is 19.5. The zero-order chi connectivity index (χ0) is 23.1. The Kier molecular flexibility index (Phi) is 10.0. The fourth-order valence-electron chi connectivity index (χ4n) is 4.75. The molecule has 4 nitrogen and oxygen atoms in total. The van der Waals surface area contributed by atoms with Crippen LogP contribution in [0.1, 0.15) is 91.4 Å². The summed E-state index contributed by atoms with van der Waals surface area (Å²) in [5.41, 5.74) is 1.39. The molecule has 5 heteroatoms.